The number of phenolic OH excluding ortho intramolecular Hbond substituents is 1. The molecule has 0 amide bonds. The predicted octanol–water partition coefficient (Wildman–Crippen LogP) is 4.46. The minimum absolute atomic E-state index is 0.153. The largest absolute Gasteiger partial charge is 0.505 e. The van der Waals surface area contributed by atoms with E-state index in [2.05, 4.69) is 13.8 Å². The first kappa shape index (κ1) is 12.6. The monoisotopic (exact) mass is 248 g/mol. The Balaban J connectivity index is 2.46. The first-order valence-corrected chi connectivity index (χ1v) is 5.78. The van der Waals surface area contributed by atoms with Crippen LogP contribution in [-0.4, -0.2) is 5.11 Å². The van der Waals surface area contributed by atoms with Gasteiger partial charge in [0.2, 0.25) is 5.82 Å². The molecule has 0 radical (unpaired) electrons. The van der Waals surface area contributed by atoms with E-state index in [1.54, 1.807) is 12.1 Å². The molecule has 0 aliphatic carbocycles. The molecule has 18 heavy (non-hydrogen) atoms. The molecule has 0 saturated carbocycles. The average molecular weight is 248 g/mol. The highest BCUT2D eigenvalue weighted by Crippen LogP contribution is 2.29. The number of benzene rings is 2. The summed E-state index contributed by atoms with van der Waals surface area (Å²) in [6.45, 7) is 4.13. The van der Waals surface area contributed by atoms with E-state index in [-0.39, 0.29) is 5.56 Å². The third kappa shape index (κ3) is 2.21. The molecule has 0 fully saturated rings. The number of halogens is 2. The van der Waals surface area contributed by atoms with Gasteiger partial charge in [0.05, 0.1) is 0 Å². The minimum atomic E-state index is -1.21. The van der Waals surface area contributed by atoms with Gasteiger partial charge in [-0.3, -0.25) is 0 Å². The lowest BCUT2D eigenvalue weighted by molar-refractivity contribution is 0.408. The smallest absolute Gasteiger partial charge is 0.200 e. The number of hydrogen-bond donors (Lipinski definition) is 1. The van der Waals surface area contributed by atoms with Crippen LogP contribution in [0.3, 0.4) is 0 Å². The Kier molecular flexibility index (Phi) is 3.32. The zero-order valence-electron chi connectivity index (χ0n) is 10.2. The van der Waals surface area contributed by atoms with Crippen molar-refractivity contribution in [2.24, 2.45) is 0 Å². The fraction of sp³-hybridized carbons (Fsp3) is 0.200. The van der Waals surface area contributed by atoms with Crippen LogP contribution in [0, 0.1) is 11.6 Å². The van der Waals surface area contributed by atoms with Gasteiger partial charge in [0, 0.05) is 5.56 Å². The van der Waals surface area contributed by atoms with Crippen molar-refractivity contribution in [3.8, 4) is 16.9 Å². The summed E-state index contributed by atoms with van der Waals surface area (Å²) < 4.78 is 26.9. The maximum atomic E-state index is 13.7. The van der Waals surface area contributed by atoms with Gasteiger partial charge in [0.1, 0.15) is 0 Å². The molecule has 0 atom stereocenters. The highest BCUT2D eigenvalue weighted by Gasteiger charge is 2.14. The second-order valence-electron chi connectivity index (χ2n) is 4.54. The molecule has 94 valence electrons. The lowest BCUT2D eigenvalue weighted by atomic mass is 9.98. The molecule has 0 aliphatic rings. The normalized spacial score (nSPS) is 10.9. The van der Waals surface area contributed by atoms with E-state index in [9.17, 15) is 8.78 Å². The second kappa shape index (κ2) is 4.77. The molecule has 1 N–H and O–H groups in total. The molecule has 2 rings (SSSR count). The van der Waals surface area contributed by atoms with Crippen LogP contribution < -0.4 is 0 Å². The Morgan fingerprint density at radius 2 is 1.50 bits per heavy atom. The molecule has 0 unspecified atom stereocenters. The van der Waals surface area contributed by atoms with Gasteiger partial charge >= 0.3 is 0 Å². The zero-order chi connectivity index (χ0) is 13.3. The Hall–Kier alpha value is -1.90. The van der Waals surface area contributed by atoms with Crippen LogP contribution in [-0.2, 0) is 0 Å². The fourth-order valence-electron chi connectivity index (χ4n) is 1.81. The first-order chi connectivity index (χ1) is 8.50. The van der Waals surface area contributed by atoms with Gasteiger partial charge in [0.15, 0.2) is 11.6 Å². The number of aromatic hydroxyl groups is 1. The minimum Gasteiger partial charge on any atom is -0.505 e. The molecule has 0 heterocycles. The highest BCUT2D eigenvalue weighted by molar-refractivity contribution is 5.65. The Morgan fingerprint density at radius 3 is 2.06 bits per heavy atom. The molecule has 2 aromatic rings. The van der Waals surface area contributed by atoms with E-state index in [0.29, 0.717) is 11.5 Å². The van der Waals surface area contributed by atoms with Gasteiger partial charge in [-0.05, 0) is 29.2 Å². The molecule has 0 bridgehead atoms. The summed E-state index contributed by atoms with van der Waals surface area (Å²) in [5.74, 6) is -2.51. The SMILES string of the molecule is CC(C)c1ccc(-c2ccc(O)c(F)c2F)cc1. The summed E-state index contributed by atoms with van der Waals surface area (Å²) in [7, 11) is 0. The summed E-state index contributed by atoms with van der Waals surface area (Å²) in [6.07, 6.45) is 0. The van der Waals surface area contributed by atoms with Crippen molar-refractivity contribution < 1.29 is 13.9 Å². The van der Waals surface area contributed by atoms with Gasteiger partial charge < -0.3 is 5.11 Å². The number of rotatable bonds is 2. The van der Waals surface area contributed by atoms with Gasteiger partial charge in [0.25, 0.3) is 0 Å². The van der Waals surface area contributed by atoms with Crippen LogP contribution in [0.1, 0.15) is 25.3 Å². The van der Waals surface area contributed by atoms with Crippen molar-refractivity contribution in [3.63, 3.8) is 0 Å². The molecule has 0 aliphatic heterocycles. The zero-order valence-corrected chi connectivity index (χ0v) is 10.2. The summed E-state index contributed by atoms with van der Waals surface area (Å²) >= 11 is 0. The highest BCUT2D eigenvalue weighted by atomic mass is 19.2. The van der Waals surface area contributed by atoms with Gasteiger partial charge in [-0.2, -0.15) is 4.39 Å². The quantitative estimate of drug-likeness (QED) is 0.831. The fourth-order valence-corrected chi connectivity index (χ4v) is 1.81. The Morgan fingerprint density at radius 1 is 0.889 bits per heavy atom. The third-order valence-corrected chi connectivity index (χ3v) is 2.95. The van der Waals surface area contributed by atoms with Crippen molar-refractivity contribution in [2.75, 3.05) is 0 Å². The van der Waals surface area contributed by atoms with E-state index in [1.165, 1.54) is 6.07 Å². The Labute approximate surface area is 105 Å². The summed E-state index contributed by atoms with van der Waals surface area (Å²) in [6, 6.07) is 9.82. The number of phenols is 1. The van der Waals surface area contributed by atoms with Gasteiger partial charge in [-0.1, -0.05) is 38.1 Å². The molecule has 1 nitrogen and oxygen atoms in total. The van der Waals surface area contributed by atoms with Crippen LogP contribution in [0.15, 0.2) is 36.4 Å². The van der Waals surface area contributed by atoms with E-state index in [0.717, 1.165) is 11.6 Å². The van der Waals surface area contributed by atoms with Crippen LogP contribution in [0.25, 0.3) is 11.1 Å². The van der Waals surface area contributed by atoms with Gasteiger partial charge in [-0.25, -0.2) is 4.39 Å². The van der Waals surface area contributed by atoms with Crippen molar-refractivity contribution in [1.82, 2.24) is 0 Å². The summed E-state index contributed by atoms with van der Waals surface area (Å²) in [5.41, 5.74) is 1.88. The molecule has 3 heteroatoms. The lowest BCUT2D eigenvalue weighted by Crippen LogP contribution is -1.91. The van der Waals surface area contributed by atoms with Crippen LogP contribution >= 0.6 is 0 Å². The van der Waals surface area contributed by atoms with E-state index in [4.69, 9.17) is 5.11 Å². The van der Waals surface area contributed by atoms with Crippen LogP contribution in [0.4, 0.5) is 8.78 Å². The van der Waals surface area contributed by atoms with Crippen molar-refractivity contribution in [1.29, 1.82) is 0 Å². The maximum absolute atomic E-state index is 13.7. The van der Waals surface area contributed by atoms with Crippen molar-refractivity contribution in [2.45, 2.75) is 19.8 Å². The Bertz CT molecular complexity index is 559. The first-order valence-electron chi connectivity index (χ1n) is 5.78. The van der Waals surface area contributed by atoms with Crippen LogP contribution in [0.5, 0.6) is 5.75 Å². The van der Waals surface area contributed by atoms with Gasteiger partial charge in [-0.15, -0.1) is 0 Å². The molecule has 0 saturated heterocycles. The maximum Gasteiger partial charge on any atom is 0.200 e. The standard InChI is InChI=1S/C15H14F2O/c1-9(2)10-3-5-11(6-4-10)12-7-8-13(18)15(17)14(12)16/h3-9,18H,1-2H3. The second-order valence-corrected chi connectivity index (χ2v) is 4.54. The summed E-state index contributed by atoms with van der Waals surface area (Å²) in [4.78, 5) is 0. The lowest BCUT2D eigenvalue weighted by Gasteiger charge is -2.08. The average Bonchev–Trinajstić information content (AvgIpc) is 2.36. The molecule has 2 aromatic carbocycles. The van der Waals surface area contributed by atoms with E-state index < -0.39 is 17.4 Å². The molecule has 0 spiro atoms. The van der Waals surface area contributed by atoms with E-state index in [1.807, 2.05) is 12.1 Å². The number of hydrogen-bond acceptors (Lipinski definition) is 1. The summed E-state index contributed by atoms with van der Waals surface area (Å²) in [5, 5.41) is 9.07. The van der Waals surface area contributed by atoms with Crippen LogP contribution in [0.2, 0.25) is 0 Å². The predicted molar refractivity (Wildman–Crippen MR) is 67.5 cm³/mol. The molecular weight excluding hydrogens is 234 g/mol. The topological polar surface area (TPSA) is 20.2 Å². The van der Waals surface area contributed by atoms with Crippen molar-refractivity contribution in [3.05, 3.63) is 53.6 Å². The third-order valence-electron chi connectivity index (χ3n) is 2.95. The van der Waals surface area contributed by atoms with E-state index >= 15 is 0 Å². The molecular formula is C15H14F2O. The van der Waals surface area contributed by atoms with Crippen molar-refractivity contribution >= 4 is 0 Å². The molecule has 0 aromatic heterocycles.